The smallest absolute Gasteiger partial charge is 0.491 e. The van der Waals surface area contributed by atoms with Crippen LogP contribution in [0.3, 0.4) is 0 Å². The third-order valence-electron chi connectivity index (χ3n) is 6.43. The number of pyridine rings is 1. The van der Waals surface area contributed by atoms with Gasteiger partial charge in [-0.15, -0.1) is 13.2 Å². The molecule has 1 saturated carbocycles. The lowest BCUT2D eigenvalue weighted by Gasteiger charge is -2.38. The van der Waals surface area contributed by atoms with E-state index in [-0.39, 0.29) is 24.5 Å². The van der Waals surface area contributed by atoms with Gasteiger partial charge in [0.15, 0.2) is 11.3 Å². The molecular formula is C26H22F3N5O5. The zero-order chi connectivity index (χ0) is 27.6. The molecule has 1 aromatic carbocycles. The van der Waals surface area contributed by atoms with Gasteiger partial charge in [0.2, 0.25) is 0 Å². The number of amides is 1. The number of rotatable bonds is 5. The Bertz CT molecular complexity index is 1500. The second-order valence-corrected chi connectivity index (χ2v) is 8.93. The molecule has 2 N–H and O–H groups in total. The first kappa shape index (κ1) is 25.9. The van der Waals surface area contributed by atoms with E-state index in [4.69, 9.17) is 14.6 Å². The molecule has 0 saturated heterocycles. The van der Waals surface area contributed by atoms with Gasteiger partial charge >= 0.3 is 6.36 Å². The number of nitrogens with zero attached hydrogens (tertiary/aromatic N) is 4. The van der Waals surface area contributed by atoms with Crippen LogP contribution in [0.1, 0.15) is 52.6 Å². The zero-order valence-electron chi connectivity index (χ0n) is 20.3. The van der Waals surface area contributed by atoms with Crippen LogP contribution < -0.4 is 14.8 Å². The molecule has 1 amide bonds. The van der Waals surface area contributed by atoms with Crippen molar-refractivity contribution >= 4 is 18.0 Å². The summed E-state index contributed by atoms with van der Waals surface area (Å²) in [6, 6.07) is 12.4. The van der Waals surface area contributed by atoms with Gasteiger partial charge in [0.1, 0.15) is 22.7 Å². The predicted octanol–water partition coefficient (Wildman–Crippen LogP) is 4.06. The van der Waals surface area contributed by atoms with E-state index in [1.807, 2.05) is 6.07 Å². The van der Waals surface area contributed by atoms with Crippen molar-refractivity contribution in [3.05, 3.63) is 83.6 Å². The lowest BCUT2D eigenvalue weighted by molar-refractivity contribution is -0.274. The molecule has 0 bridgehead atoms. The number of halogens is 3. The quantitative estimate of drug-likeness (QED) is 0.362. The summed E-state index contributed by atoms with van der Waals surface area (Å²) in [5.74, 6) is 0.0606. The molecule has 3 aromatic heterocycles. The van der Waals surface area contributed by atoms with Crippen molar-refractivity contribution in [1.29, 1.82) is 0 Å². The summed E-state index contributed by atoms with van der Waals surface area (Å²) in [6.45, 7) is 0.0122. The Morgan fingerprint density at radius 1 is 1.15 bits per heavy atom. The van der Waals surface area contributed by atoms with Crippen molar-refractivity contribution in [1.82, 2.24) is 24.9 Å². The molecule has 10 nitrogen and oxygen atoms in total. The molecule has 6 rings (SSSR count). The molecule has 39 heavy (non-hydrogen) atoms. The minimum atomic E-state index is -4.81. The molecule has 0 radical (unpaired) electrons. The Kier molecular flexibility index (Phi) is 6.81. The first-order chi connectivity index (χ1) is 18.7. The highest BCUT2D eigenvalue weighted by Gasteiger charge is 2.43. The Labute approximate surface area is 219 Å². The van der Waals surface area contributed by atoms with Gasteiger partial charge in [-0.25, -0.2) is 9.50 Å². The number of hydrogen-bond donors (Lipinski definition) is 2. The van der Waals surface area contributed by atoms with Crippen molar-refractivity contribution in [2.24, 2.45) is 0 Å². The molecule has 13 heteroatoms. The highest BCUT2D eigenvalue weighted by molar-refractivity contribution is 5.94. The molecule has 1 atom stereocenters. The monoisotopic (exact) mass is 541 g/mol. The van der Waals surface area contributed by atoms with Gasteiger partial charge in [0.05, 0.1) is 6.61 Å². The standard InChI is InChI=1S/C25H20F3N5O3.CH2O2/c26-25(27,28)36-17-7-5-16(6-8-17)24(10-13-35-20-2-1-11-30-22(20)24)31-23(34)18-14-21-29-12-9-19(15-3-4-15)33(21)32-18;2-1-3/h1-2,5-9,11-12,14-15H,3-4,10,13H2,(H,31,34);1H,(H,2,3)/t24-;/m0./s1. The number of ether oxygens (including phenoxy) is 2. The summed E-state index contributed by atoms with van der Waals surface area (Å²) in [4.78, 5) is 30.7. The molecule has 0 unspecified atom stereocenters. The van der Waals surface area contributed by atoms with E-state index in [2.05, 4.69) is 25.1 Å². The summed E-state index contributed by atoms with van der Waals surface area (Å²) < 4.78 is 49.5. The van der Waals surface area contributed by atoms with E-state index in [1.54, 1.807) is 35.1 Å². The van der Waals surface area contributed by atoms with E-state index in [0.717, 1.165) is 18.5 Å². The number of hydrogen-bond acceptors (Lipinski definition) is 7. The Morgan fingerprint density at radius 2 is 1.90 bits per heavy atom. The highest BCUT2D eigenvalue weighted by Crippen LogP contribution is 2.42. The van der Waals surface area contributed by atoms with E-state index in [9.17, 15) is 18.0 Å². The molecule has 4 heterocycles. The minimum absolute atomic E-state index is 0.177. The fraction of sp³-hybridized carbons (Fsp3) is 0.269. The van der Waals surface area contributed by atoms with Crippen LogP contribution in [0.15, 0.2) is 60.9 Å². The second kappa shape index (κ2) is 10.2. The van der Waals surface area contributed by atoms with Crippen molar-refractivity contribution in [3.8, 4) is 11.5 Å². The molecule has 202 valence electrons. The van der Waals surface area contributed by atoms with Gasteiger partial charge < -0.3 is 19.9 Å². The molecule has 1 fully saturated rings. The van der Waals surface area contributed by atoms with E-state index in [0.29, 0.717) is 35.0 Å². The Morgan fingerprint density at radius 3 is 2.59 bits per heavy atom. The topological polar surface area (TPSA) is 128 Å². The minimum Gasteiger partial charge on any atom is -0.491 e. The van der Waals surface area contributed by atoms with E-state index < -0.39 is 17.8 Å². The van der Waals surface area contributed by atoms with Crippen molar-refractivity contribution in [2.75, 3.05) is 6.61 Å². The fourth-order valence-corrected chi connectivity index (χ4v) is 4.65. The van der Waals surface area contributed by atoms with Crippen LogP contribution in [-0.2, 0) is 10.3 Å². The Hall–Kier alpha value is -4.68. The van der Waals surface area contributed by atoms with Gasteiger partial charge in [-0.1, -0.05) is 12.1 Å². The normalized spacial score (nSPS) is 18.2. The van der Waals surface area contributed by atoms with Crippen LogP contribution in [0.25, 0.3) is 5.65 Å². The Balaban J connectivity index is 0.000000983. The van der Waals surface area contributed by atoms with Gasteiger partial charge in [-0.05, 0) is 48.7 Å². The van der Waals surface area contributed by atoms with Crippen LogP contribution in [0.4, 0.5) is 13.2 Å². The molecular weight excluding hydrogens is 519 g/mol. The first-order valence-corrected chi connectivity index (χ1v) is 11.9. The van der Waals surface area contributed by atoms with Crippen molar-refractivity contribution in [2.45, 2.75) is 37.1 Å². The number of carboxylic acid groups (broad SMARTS) is 1. The number of benzene rings is 1. The fourth-order valence-electron chi connectivity index (χ4n) is 4.65. The summed E-state index contributed by atoms with van der Waals surface area (Å²) in [5.41, 5.74) is 1.58. The number of fused-ring (bicyclic) bond motifs is 2. The lowest BCUT2D eigenvalue weighted by Crippen LogP contribution is -2.50. The summed E-state index contributed by atoms with van der Waals surface area (Å²) >= 11 is 0. The van der Waals surface area contributed by atoms with Gasteiger partial charge in [-0.2, -0.15) is 5.10 Å². The zero-order valence-corrected chi connectivity index (χ0v) is 20.3. The van der Waals surface area contributed by atoms with Crippen LogP contribution in [0, 0.1) is 0 Å². The molecule has 1 aliphatic heterocycles. The third kappa shape index (κ3) is 5.33. The summed E-state index contributed by atoms with van der Waals surface area (Å²) in [6.07, 6.45) is 0.918. The number of alkyl halides is 3. The van der Waals surface area contributed by atoms with Crippen molar-refractivity contribution in [3.63, 3.8) is 0 Å². The highest BCUT2D eigenvalue weighted by atomic mass is 19.4. The average Bonchev–Trinajstić information content (AvgIpc) is 3.66. The van der Waals surface area contributed by atoms with Crippen LogP contribution in [0.2, 0.25) is 0 Å². The number of aromatic nitrogens is 4. The molecule has 1 aliphatic carbocycles. The van der Waals surface area contributed by atoms with Crippen LogP contribution in [-0.4, -0.2) is 50.0 Å². The average molecular weight is 541 g/mol. The summed E-state index contributed by atoms with van der Waals surface area (Å²) in [5, 5.41) is 14.5. The van der Waals surface area contributed by atoms with E-state index in [1.165, 1.54) is 24.3 Å². The van der Waals surface area contributed by atoms with Gasteiger partial charge in [0.25, 0.3) is 12.4 Å². The third-order valence-corrected chi connectivity index (χ3v) is 6.43. The number of carbonyl (C=O) groups excluding carboxylic acids is 1. The number of carbonyl (C=O) groups is 2. The van der Waals surface area contributed by atoms with Crippen molar-refractivity contribution < 1.29 is 37.3 Å². The van der Waals surface area contributed by atoms with Gasteiger partial charge in [0, 0.05) is 36.5 Å². The van der Waals surface area contributed by atoms with Crippen LogP contribution in [0.5, 0.6) is 11.5 Å². The predicted molar refractivity (Wildman–Crippen MR) is 129 cm³/mol. The molecule has 4 aromatic rings. The maximum Gasteiger partial charge on any atom is 0.573 e. The molecule has 2 aliphatic rings. The maximum atomic E-state index is 13.6. The number of nitrogens with one attached hydrogen (secondary N) is 1. The van der Waals surface area contributed by atoms with E-state index >= 15 is 0 Å². The van der Waals surface area contributed by atoms with Gasteiger partial charge in [-0.3, -0.25) is 14.6 Å². The molecule has 0 spiro atoms. The SMILES string of the molecule is O=C(N[C@]1(c2ccc(OC(F)(F)F)cc2)CCOc2cccnc21)c1cc2nccc(C3CC3)n2n1.O=CO. The lowest BCUT2D eigenvalue weighted by atomic mass is 9.81. The largest absolute Gasteiger partial charge is 0.573 e. The maximum absolute atomic E-state index is 13.6. The first-order valence-electron chi connectivity index (χ1n) is 11.9. The van der Waals surface area contributed by atoms with Crippen LogP contribution >= 0.6 is 0 Å². The second-order valence-electron chi connectivity index (χ2n) is 8.93. The summed E-state index contributed by atoms with van der Waals surface area (Å²) in [7, 11) is 0.